The van der Waals surface area contributed by atoms with Crippen LogP contribution in [-0.4, -0.2) is 81.8 Å². The van der Waals surface area contributed by atoms with E-state index in [-0.39, 0.29) is 25.0 Å². The zero-order chi connectivity index (χ0) is 26.0. The highest BCUT2D eigenvalue weighted by Crippen LogP contribution is 2.63. The topological polar surface area (TPSA) is 96.4 Å². The molecule has 3 rings (SSSR count). The van der Waals surface area contributed by atoms with E-state index in [0.717, 1.165) is 6.42 Å². The van der Waals surface area contributed by atoms with E-state index in [2.05, 4.69) is 13.2 Å². The van der Waals surface area contributed by atoms with E-state index in [4.69, 9.17) is 9.47 Å². The fourth-order valence-corrected chi connectivity index (χ4v) is 6.16. The van der Waals surface area contributed by atoms with Crippen molar-refractivity contribution in [1.29, 1.82) is 0 Å². The molecule has 0 aromatic rings. The van der Waals surface area contributed by atoms with Gasteiger partial charge in [0.2, 0.25) is 11.8 Å². The molecular weight excluding hydrogens is 448 g/mol. The minimum absolute atomic E-state index is 0.00796. The highest BCUT2D eigenvalue weighted by Gasteiger charge is 2.78. The lowest BCUT2D eigenvalue weighted by Crippen LogP contribution is -2.60. The lowest BCUT2D eigenvalue weighted by molar-refractivity contribution is -0.161. The Bertz CT molecular complexity index is 851. The van der Waals surface area contributed by atoms with Crippen molar-refractivity contribution in [2.24, 2.45) is 11.8 Å². The van der Waals surface area contributed by atoms with Crippen molar-refractivity contribution in [2.45, 2.75) is 89.0 Å². The van der Waals surface area contributed by atoms with Crippen molar-refractivity contribution in [3.63, 3.8) is 0 Å². The molecule has 0 saturated carbocycles. The van der Waals surface area contributed by atoms with Gasteiger partial charge in [0.05, 0.1) is 18.1 Å². The van der Waals surface area contributed by atoms with Crippen LogP contribution < -0.4 is 0 Å². The minimum Gasteiger partial charge on any atom is -0.465 e. The number of aliphatic hydroxyl groups is 1. The number of carbonyl (C=O) groups is 3. The number of unbranched alkanes of at least 4 members (excludes halogenated alkanes) is 2. The van der Waals surface area contributed by atoms with Crippen LogP contribution in [-0.2, 0) is 23.9 Å². The molecule has 3 saturated heterocycles. The molecule has 1 spiro atoms. The standard InChI is InChI=1S/C27H42N2O6/c1-7-9-12-18-34-24(33)20-19-22(31)28(16-10-11-17-30)21(27(19)14-13-26(20,6)35-27)23(32)29(15-8-2)25(3,4)5/h7-8,19-21,30H,1-2,9-18H2,3-6H3/t19-,20-,21?,26+,27?/m0/s1. The minimum atomic E-state index is -1.07. The van der Waals surface area contributed by atoms with Gasteiger partial charge in [-0.25, -0.2) is 0 Å². The van der Waals surface area contributed by atoms with Gasteiger partial charge >= 0.3 is 5.97 Å². The number of amides is 2. The molecule has 3 fully saturated rings. The predicted octanol–water partition coefficient (Wildman–Crippen LogP) is 2.85. The highest BCUT2D eigenvalue weighted by atomic mass is 16.6. The molecule has 196 valence electrons. The van der Waals surface area contributed by atoms with Crippen LogP contribution in [0.4, 0.5) is 0 Å². The third kappa shape index (κ3) is 4.79. The summed E-state index contributed by atoms with van der Waals surface area (Å²) in [6.45, 7) is 16.2. The number of carbonyl (C=O) groups excluding carboxylic acids is 3. The number of esters is 1. The summed E-state index contributed by atoms with van der Waals surface area (Å²) in [6.07, 6.45) is 7.04. The van der Waals surface area contributed by atoms with Crippen LogP contribution >= 0.6 is 0 Å². The lowest BCUT2D eigenvalue weighted by atomic mass is 9.66. The van der Waals surface area contributed by atoms with Gasteiger partial charge in [0.25, 0.3) is 0 Å². The SMILES string of the molecule is C=CCCCOC(=O)[C@@H]1[C@H]2C(=O)N(CCCCO)C(C(=O)N(CC=C)C(C)(C)C)C23CC[C@@]1(C)O3. The number of aliphatic hydroxyl groups excluding tert-OH is 1. The van der Waals surface area contributed by atoms with Crippen molar-refractivity contribution in [1.82, 2.24) is 9.80 Å². The average molecular weight is 491 g/mol. The van der Waals surface area contributed by atoms with Crippen molar-refractivity contribution in [2.75, 3.05) is 26.3 Å². The summed E-state index contributed by atoms with van der Waals surface area (Å²) in [7, 11) is 0. The third-order valence-corrected chi connectivity index (χ3v) is 7.76. The maximum Gasteiger partial charge on any atom is 0.312 e. The lowest BCUT2D eigenvalue weighted by Gasteiger charge is -2.42. The summed E-state index contributed by atoms with van der Waals surface area (Å²) in [5.41, 5.74) is -2.42. The zero-order valence-electron chi connectivity index (χ0n) is 21.8. The van der Waals surface area contributed by atoms with E-state index >= 15 is 0 Å². The Morgan fingerprint density at radius 1 is 1.23 bits per heavy atom. The molecule has 8 heteroatoms. The summed E-state index contributed by atoms with van der Waals surface area (Å²) in [4.78, 5) is 44.7. The third-order valence-electron chi connectivity index (χ3n) is 7.76. The first-order chi connectivity index (χ1) is 16.5. The van der Waals surface area contributed by atoms with E-state index in [0.29, 0.717) is 45.2 Å². The number of allylic oxidation sites excluding steroid dienone is 1. The molecule has 1 N–H and O–H groups in total. The first-order valence-electron chi connectivity index (χ1n) is 12.8. The normalized spacial score (nSPS) is 31.4. The van der Waals surface area contributed by atoms with Gasteiger partial charge in [0, 0.05) is 25.2 Å². The monoisotopic (exact) mass is 490 g/mol. The molecule has 8 nitrogen and oxygen atoms in total. The maximum absolute atomic E-state index is 14.2. The second-order valence-electron chi connectivity index (χ2n) is 11.2. The number of likely N-dealkylation sites (tertiary alicyclic amines) is 1. The first kappa shape index (κ1) is 27.4. The van der Waals surface area contributed by atoms with Gasteiger partial charge in [-0.2, -0.15) is 0 Å². The summed E-state index contributed by atoms with van der Waals surface area (Å²) in [5, 5.41) is 9.30. The van der Waals surface area contributed by atoms with Gasteiger partial charge in [0.1, 0.15) is 17.6 Å². The predicted molar refractivity (Wildman–Crippen MR) is 132 cm³/mol. The smallest absolute Gasteiger partial charge is 0.312 e. The number of rotatable bonds is 12. The van der Waals surface area contributed by atoms with Gasteiger partial charge in [-0.15, -0.1) is 13.2 Å². The highest BCUT2D eigenvalue weighted by molar-refractivity contribution is 5.98. The van der Waals surface area contributed by atoms with Crippen LogP contribution in [0.15, 0.2) is 25.3 Å². The fourth-order valence-electron chi connectivity index (χ4n) is 6.16. The second-order valence-corrected chi connectivity index (χ2v) is 11.2. The van der Waals surface area contributed by atoms with E-state index in [9.17, 15) is 19.5 Å². The Balaban J connectivity index is 1.99. The molecule has 2 bridgehead atoms. The number of nitrogens with zero attached hydrogens (tertiary/aromatic N) is 2. The molecule has 3 aliphatic rings. The molecule has 35 heavy (non-hydrogen) atoms. The Morgan fingerprint density at radius 3 is 2.54 bits per heavy atom. The maximum atomic E-state index is 14.2. The first-order valence-corrected chi connectivity index (χ1v) is 12.8. The van der Waals surface area contributed by atoms with Crippen LogP contribution in [0.5, 0.6) is 0 Å². The molecule has 5 atom stereocenters. The van der Waals surface area contributed by atoms with Gasteiger partial charge in [-0.05, 0) is 66.2 Å². The Morgan fingerprint density at radius 2 is 1.94 bits per heavy atom. The number of ether oxygens (including phenoxy) is 2. The van der Waals surface area contributed by atoms with Crippen molar-refractivity contribution >= 4 is 17.8 Å². The van der Waals surface area contributed by atoms with E-state index in [1.54, 1.807) is 22.0 Å². The second kappa shape index (κ2) is 10.4. The van der Waals surface area contributed by atoms with E-state index in [1.807, 2.05) is 27.7 Å². The van der Waals surface area contributed by atoms with Crippen molar-refractivity contribution in [3.05, 3.63) is 25.3 Å². The van der Waals surface area contributed by atoms with Gasteiger partial charge in [0.15, 0.2) is 0 Å². The van der Waals surface area contributed by atoms with E-state index < -0.39 is 40.6 Å². The van der Waals surface area contributed by atoms with Crippen LogP contribution in [0.1, 0.15) is 66.2 Å². The molecule has 3 aliphatic heterocycles. The summed E-state index contributed by atoms with van der Waals surface area (Å²) < 4.78 is 12.2. The molecule has 2 amide bonds. The molecule has 0 aromatic carbocycles. The van der Waals surface area contributed by atoms with Gasteiger partial charge < -0.3 is 24.4 Å². The zero-order valence-corrected chi connectivity index (χ0v) is 21.8. The quantitative estimate of drug-likeness (QED) is 0.257. The fraction of sp³-hybridized carbons (Fsp3) is 0.741. The van der Waals surface area contributed by atoms with Gasteiger partial charge in [-0.3, -0.25) is 14.4 Å². The Labute approximate surface area is 209 Å². The molecule has 2 unspecified atom stereocenters. The van der Waals surface area contributed by atoms with E-state index in [1.165, 1.54) is 0 Å². The van der Waals surface area contributed by atoms with Crippen LogP contribution in [0.25, 0.3) is 0 Å². The molecular formula is C27H42N2O6. The average Bonchev–Trinajstić information content (AvgIpc) is 3.35. The molecule has 0 radical (unpaired) electrons. The van der Waals surface area contributed by atoms with Crippen molar-refractivity contribution in [3.8, 4) is 0 Å². The van der Waals surface area contributed by atoms with Gasteiger partial charge in [-0.1, -0.05) is 12.2 Å². The summed E-state index contributed by atoms with van der Waals surface area (Å²) in [5.74, 6) is -2.37. The van der Waals surface area contributed by atoms with Crippen LogP contribution in [0.3, 0.4) is 0 Å². The number of hydrogen-bond donors (Lipinski definition) is 1. The Kier molecular flexibility index (Phi) is 8.16. The summed E-state index contributed by atoms with van der Waals surface area (Å²) in [6, 6.07) is -0.835. The largest absolute Gasteiger partial charge is 0.465 e. The number of fused-ring (bicyclic) bond motifs is 1. The molecule has 3 heterocycles. The van der Waals surface area contributed by atoms with Crippen molar-refractivity contribution < 1.29 is 29.0 Å². The van der Waals surface area contributed by atoms with Crippen LogP contribution in [0, 0.1) is 11.8 Å². The molecule has 0 aliphatic carbocycles. The molecule has 0 aromatic heterocycles. The van der Waals surface area contributed by atoms with Crippen LogP contribution in [0.2, 0.25) is 0 Å². The number of hydrogen-bond acceptors (Lipinski definition) is 6. The summed E-state index contributed by atoms with van der Waals surface area (Å²) >= 11 is 0. The Hall–Kier alpha value is -2.19.